The van der Waals surface area contributed by atoms with E-state index in [9.17, 15) is 9.59 Å². The summed E-state index contributed by atoms with van der Waals surface area (Å²) in [5, 5.41) is 3.51. The number of benzene rings is 1. The molecule has 1 aliphatic heterocycles. The lowest BCUT2D eigenvalue weighted by atomic mass is 10.2. The zero-order valence-electron chi connectivity index (χ0n) is 14.5. The molecule has 0 radical (unpaired) electrons. The number of hydrogen-bond donors (Lipinski definition) is 1. The molecule has 0 saturated carbocycles. The molecule has 0 aromatic heterocycles. The monoisotopic (exact) mass is 351 g/mol. The van der Waals surface area contributed by atoms with Gasteiger partial charge in [-0.2, -0.15) is 0 Å². The molecule has 1 aromatic carbocycles. The molecule has 0 unspecified atom stereocenters. The second kappa shape index (κ2) is 8.92. The van der Waals surface area contributed by atoms with Gasteiger partial charge in [-0.3, -0.25) is 9.59 Å². The molecule has 1 N–H and O–H groups in total. The van der Waals surface area contributed by atoms with Crippen molar-refractivity contribution in [1.29, 1.82) is 0 Å². The van der Waals surface area contributed by atoms with Gasteiger partial charge in [0.05, 0.1) is 10.7 Å². The number of unbranched alkanes of at least 4 members (excludes halogenated alkanes) is 1. The van der Waals surface area contributed by atoms with Crippen LogP contribution in [-0.4, -0.2) is 42.9 Å². The summed E-state index contributed by atoms with van der Waals surface area (Å²) in [4.78, 5) is 27.6. The lowest BCUT2D eigenvalue weighted by molar-refractivity contribution is -0.131. The van der Waals surface area contributed by atoms with E-state index in [4.69, 9.17) is 11.6 Å². The van der Waals surface area contributed by atoms with Crippen LogP contribution in [0.1, 0.15) is 39.5 Å². The maximum atomic E-state index is 11.8. The first-order chi connectivity index (χ1) is 11.5. The zero-order chi connectivity index (χ0) is 17.5. The molecule has 0 spiro atoms. The normalized spacial score (nSPS) is 14.6. The zero-order valence-corrected chi connectivity index (χ0v) is 15.2. The molecule has 132 valence electrons. The Balaban J connectivity index is 1.95. The van der Waals surface area contributed by atoms with Gasteiger partial charge in [0.2, 0.25) is 11.8 Å². The fourth-order valence-electron chi connectivity index (χ4n) is 2.82. The number of carbonyl (C=O) groups is 2. The second-order valence-corrected chi connectivity index (χ2v) is 6.45. The summed E-state index contributed by atoms with van der Waals surface area (Å²) >= 11 is 6.40. The number of nitrogens with zero attached hydrogens (tertiary/aromatic N) is 2. The van der Waals surface area contributed by atoms with Crippen LogP contribution in [0.15, 0.2) is 18.2 Å². The summed E-state index contributed by atoms with van der Waals surface area (Å²) in [6, 6.07) is 5.62. The van der Waals surface area contributed by atoms with Gasteiger partial charge in [0, 0.05) is 44.7 Å². The number of hydrogen-bond acceptors (Lipinski definition) is 3. The van der Waals surface area contributed by atoms with Crippen LogP contribution in [0.2, 0.25) is 5.02 Å². The maximum Gasteiger partial charge on any atom is 0.224 e. The summed E-state index contributed by atoms with van der Waals surface area (Å²) in [6.45, 7) is 6.93. The van der Waals surface area contributed by atoms with E-state index in [1.807, 2.05) is 24.0 Å². The summed E-state index contributed by atoms with van der Waals surface area (Å²) in [5.41, 5.74) is 1.68. The Hall–Kier alpha value is -1.75. The Labute approximate surface area is 149 Å². The van der Waals surface area contributed by atoms with E-state index in [0.717, 1.165) is 50.4 Å². The van der Waals surface area contributed by atoms with Gasteiger partial charge in [-0.05, 0) is 24.6 Å². The Morgan fingerprint density at radius 2 is 1.88 bits per heavy atom. The number of piperazine rings is 1. The van der Waals surface area contributed by atoms with Crippen LogP contribution in [-0.2, 0) is 9.59 Å². The summed E-state index contributed by atoms with van der Waals surface area (Å²) in [5.74, 6) is 0.221. The smallest absolute Gasteiger partial charge is 0.224 e. The fourth-order valence-corrected chi connectivity index (χ4v) is 3.12. The van der Waals surface area contributed by atoms with Crippen LogP contribution >= 0.6 is 11.6 Å². The van der Waals surface area contributed by atoms with Crippen LogP contribution in [0.3, 0.4) is 0 Å². The molecule has 0 atom stereocenters. The van der Waals surface area contributed by atoms with E-state index in [1.54, 1.807) is 6.07 Å². The van der Waals surface area contributed by atoms with Crippen LogP contribution in [0, 0.1) is 0 Å². The highest BCUT2D eigenvalue weighted by molar-refractivity contribution is 6.33. The molecule has 1 saturated heterocycles. The van der Waals surface area contributed by atoms with Gasteiger partial charge >= 0.3 is 0 Å². The maximum absolute atomic E-state index is 11.8. The molecular formula is C18H26ClN3O2. The van der Waals surface area contributed by atoms with Crippen molar-refractivity contribution in [3.63, 3.8) is 0 Å². The van der Waals surface area contributed by atoms with Crippen molar-refractivity contribution in [2.24, 2.45) is 0 Å². The predicted molar refractivity (Wildman–Crippen MR) is 98.7 cm³/mol. The number of amides is 2. The lowest BCUT2D eigenvalue weighted by Crippen LogP contribution is -2.48. The van der Waals surface area contributed by atoms with Crippen LogP contribution in [0.5, 0.6) is 0 Å². The SMILES string of the molecule is CCCCC(=O)Nc1ccc(N2CCN(C(=O)CC)CC2)c(Cl)c1. The van der Waals surface area contributed by atoms with E-state index in [-0.39, 0.29) is 11.8 Å². The number of rotatable bonds is 6. The van der Waals surface area contributed by atoms with Crippen molar-refractivity contribution in [2.75, 3.05) is 36.4 Å². The minimum absolute atomic E-state index is 0.0207. The molecule has 2 rings (SSSR count). The summed E-state index contributed by atoms with van der Waals surface area (Å²) in [6.07, 6.45) is 2.97. The first-order valence-corrected chi connectivity index (χ1v) is 9.05. The van der Waals surface area contributed by atoms with E-state index in [1.165, 1.54) is 0 Å². The Morgan fingerprint density at radius 1 is 1.17 bits per heavy atom. The standard InChI is InChI=1S/C18H26ClN3O2/c1-3-5-6-17(23)20-14-7-8-16(15(19)13-14)21-9-11-22(12-10-21)18(24)4-2/h7-8,13H,3-6,9-12H2,1-2H3,(H,20,23). The quantitative estimate of drug-likeness (QED) is 0.853. The molecule has 0 aliphatic carbocycles. The number of nitrogens with one attached hydrogen (secondary N) is 1. The summed E-state index contributed by atoms with van der Waals surface area (Å²) in [7, 11) is 0. The third-order valence-electron chi connectivity index (χ3n) is 4.26. The first kappa shape index (κ1) is 18.6. The molecule has 24 heavy (non-hydrogen) atoms. The van der Waals surface area contributed by atoms with E-state index in [0.29, 0.717) is 17.9 Å². The Morgan fingerprint density at radius 3 is 2.46 bits per heavy atom. The molecule has 6 heteroatoms. The molecule has 2 amide bonds. The molecule has 1 heterocycles. The largest absolute Gasteiger partial charge is 0.367 e. The molecule has 1 aromatic rings. The van der Waals surface area contributed by atoms with Gasteiger partial charge in [-0.15, -0.1) is 0 Å². The highest BCUT2D eigenvalue weighted by atomic mass is 35.5. The van der Waals surface area contributed by atoms with Crippen molar-refractivity contribution in [1.82, 2.24) is 4.90 Å². The highest BCUT2D eigenvalue weighted by Crippen LogP contribution is 2.29. The van der Waals surface area contributed by atoms with E-state index in [2.05, 4.69) is 17.1 Å². The third kappa shape index (κ3) is 4.87. The van der Waals surface area contributed by atoms with Crippen molar-refractivity contribution >= 4 is 34.8 Å². The number of carbonyl (C=O) groups excluding carboxylic acids is 2. The number of anilines is 2. The van der Waals surface area contributed by atoms with Gasteiger partial charge in [0.15, 0.2) is 0 Å². The van der Waals surface area contributed by atoms with E-state index >= 15 is 0 Å². The van der Waals surface area contributed by atoms with Gasteiger partial charge in [-0.25, -0.2) is 0 Å². The third-order valence-corrected chi connectivity index (χ3v) is 4.57. The molecule has 1 fully saturated rings. The van der Waals surface area contributed by atoms with Gasteiger partial charge in [0.25, 0.3) is 0 Å². The van der Waals surface area contributed by atoms with Crippen LogP contribution in [0.25, 0.3) is 0 Å². The number of halogens is 1. The summed E-state index contributed by atoms with van der Waals surface area (Å²) < 4.78 is 0. The van der Waals surface area contributed by atoms with Crippen molar-refractivity contribution in [3.8, 4) is 0 Å². The molecule has 5 nitrogen and oxygen atoms in total. The topological polar surface area (TPSA) is 52.7 Å². The second-order valence-electron chi connectivity index (χ2n) is 6.04. The van der Waals surface area contributed by atoms with Crippen molar-refractivity contribution in [3.05, 3.63) is 23.2 Å². The minimum Gasteiger partial charge on any atom is -0.367 e. The van der Waals surface area contributed by atoms with Gasteiger partial charge < -0.3 is 15.1 Å². The fraction of sp³-hybridized carbons (Fsp3) is 0.556. The molecular weight excluding hydrogens is 326 g/mol. The lowest BCUT2D eigenvalue weighted by Gasteiger charge is -2.36. The first-order valence-electron chi connectivity index (χ1n) is 8.67. The van der Waals surface area contributed by atoms with Gasteiger partial charge in [0.1, 0.15) is 0 Å². The minimum atomic E-state index is 0.0207. The Bertz CT molecular complexity index is 584. The van der Waals surface area contributed by atoms with Crippen LogP contribution in [0.4, 0.5) is 11.4 Å². The average Bonchev–Trinajstić information content (AvgIpc) is 2.59. The van der Waals surface area contributed by atoms with Gasteiger partial charge in [-0.1, -0.05) is 31.9 Å². The van der Waals surface area contributed by atoms with Crippen molar-refractivity contribution < 1.29 is 9.59 Å². The van der Waals surface area contributed by atoms with Crippen LogP contribution < -0.4 is 10.2 Å². The van der Waals surface area contributed by atoms with E-state index < -0.39 is 0 Å². The predicted octanol–water partition coefficient (Wildman–Crippen LogP) is 3.53. The Kier molecular flexibility index (Phi) is 6.91. The average molecular weight is 352 g/mol. The molecule has 0 bridgehead atoms. The van der Waals surface area contributed by atoms with Crippen molar-refractivity contribution in [2.45, 2.75) is 39.5 Å². The molecule has 1 aliphatic rings. The highest BCUT2D eigenvalue weighted by Gasteiger charge is 2.21.